The molecule has 0 spiro atoms. The van der Waals surface area contributed by atoms with Gasteiger partial charge in [-0.2, -0.15) is 13.2 Å². The number of alkyl halides is 3. The SMILES string of the molecule is O=C(Nc1ccc(Br)cc1)C1CCCN1C(=O)Nc1ccc(C(F)(F)F)cc1. The maximum absolute atomic E-state index is 12.6. The van der Waals surface area contributed by atoms with Gasteiger partial charge in [0.15, 0.2) is 0 Å². The van der Waals surface area contributed by atoms with Gasteiger partial charge in [-0.1, -0.05) is 15.9 Å². The Bertz CT molecular complexity index is 854. The van der Waals surface area contributed by atoms with E-state index in [1.165, 1.54) is 17.0 Å². The molecule has 148 valence electrons. The lowest BCUT2D eigenvalue weighted by Crippen LogP contribution is -2.45. The summed E-state index contributed by atoms with van der Waals surface area (Å²) < 4.78 is 38.8. The average molecular weight is 456 g/mol. The van der Waals surface area contributed by atoms with Gasteiger partial charge < -0.3 is 15.5 Å². The molecular formula is C19H17BrF3N3O2. The summed E-state index contributed by atoms with van der Waals surface area (Å²) in [6, 6.07) is 10.1. The van der Waals surface area contributed by atoms with Crippen LogP contribution in [0.4, 0.5) is 29.3 Å². The molecule has 1 aliphatic heterocycles. The maximum Gasteiger partial charge on any atom is 0.416 e. The lowest BCUT2D eigenvalue weighted by Gasteiger charge is -2.24. The van der Waals surface area contributed by atoms with Gasteiger partial charge in [0, 0.05) is 22.4 Å². The number of halogens is 4. The first-order valence-corrected chi connectivity index (χ1v) is 9.34. The Balaban J connectivity index is 1.64. The Morgan fingerprint density at radius 1 is 0.964 bits per heavy atom. The van der Waals surface area contributed by atoms with Gasteiger partial charge in [-0.05, 0) is 61.4 Å². The van der Waals surface area contributed by atoms with Crippen LogP contribution < -0.4 is 10.6 Å². The number of nitrogens with one attached hydrogen (secondary N) is 2. The van der Waals surface area contributed by atoms with Crippen molar-refractivity contribution >= 4 is 39.2 Å². The van der Waals surface area contributed by atoms with Crippen molar-refractivity contribution in [1.82, 2.24) is 4.90 Å². The molecule has 1 unspecified atom stereocenters. The largest absolute Gasteiger partial charge is 0.416 e. The van der Waals surface area contributed by atoms with Crippen molar-refractivity contribution < 1.29 is 22.8 Å². The van der Waals surface area contributed by atoms with Gasteiger partial charge in [-0.3, -0.25) is 4.79 Å². The number of anilines is 2. The van der Waals surface area contributed by atoms with Gasteiger partial charge >= 0.3 is 12.2 Å². The smallest absolute Gasteiger partial charge is 0.324 e. The molecule has 0 radical (unpaired) electrons. The third-order valence-electron chi connectivity index (χ3n) is 4.39. The predicted octanol–water partition coefficient (Wildman–Crippen LogP) is 5.10. The first-order valence-electron chi connectivity index (χ1n) is 8.55. The summed E-state index contributed by atoms with van der Waals surface area (Å²) in [5.41, 5.74) is 0.0542. The highest BCUT2D eigenvalue weighted by Crippen LogP contribution is 2.30. The topological polar surface area (TPSA) is 61.4 Å². The van der Waals surface area contributed by atoms with E-state index in [0.717, 1.165) is 16.6 Å². The quantitative estimate of drug-likeness (QED) is 0.675. The molecule has 28 heavy (non-hydrogen) atoms. The number of carbonyl (C=O) groups is 2. The summed E-state index contributed by atoms with van der Waals surface area (Å²) >= 11 is 3.32. The molecular weight excluding hydrogens is 439 g/mol. The molecule has 1 saturated heterocycles. The van der Waals surface area contributed by atoms with E-state index in [1.807, 2.05) is 0 Å². The second-order valence-corrected chi connectivity index (χ2v) is 7.27. The zero-order chi connectivity index (χ0) is 20.3. The van der Waals surface area contributed by atoms with E-state index in [2.05, 4.69) is 26.6 Å². The number of hydrogen-bond donors (Lipinski definition) is 2. The van der Waals surface area contributed by atoms with E-state index in [0.29, 0.717) is 25.1 Å². The Hall–Kier alpha value is -2.55. The van der Waals surface area contributed by atoms with Crippen LogP contribution in [-0.4, -0.2) is 29.4 Å². The minimum Gasteiger partial charge on any atom is -0.324 e. The lowest BCUT2D eigenvalue weighted by molar-refractivity contribution is -0.137. The molecule has 0 aliphatic carbocycles. The molecule has 1 fully saturated rings. The van der Waals surface area contributed by atoms with Crippen molar-refractivity contribution in [3.63, 3.8) is 0 Å². The minimum atomic E-state index is -4.44. The fourth-order valence-corrected chi connectivity index (χ4v) is 3.24. The van der Waals surface area contributed by atoms with Gasteiger partial charge in [0.2, 0.25) is 5.91 Å². The summed E-state index contributed by atoms with van der Waals surface area (Å²) in [4.78, 5) is 26.5. The van der Waals surface area contributed by atoms with E-state index in [9.17, 15) is 22.8 Å². The molecule has 2 aromatic carbocycles. The van der Waals surface area contributed by atoms with Gasteiger partial charge in [0.1, 0.15) is 6.04 Å². The highest BCUT2D eigenvalue weighted by molar-refractivity contribution is 9.10. The van der Waals surface area contributed by atoms with Crippen LogP contribution in [0.15, 0.2) is 53.0 Å². The van der Waals surface area contributed by atoms with E-state index >= 15 is 0 Å². The van der Waals surface area contributed by atoms with E-state index in [4.69, 9.17) is 0 Å². The Kier molecular flexibility index (Phi) is 5.93. The molecule has 5 nitrogen and oxygen atoms in total. The molecule has 0 saturated carbocycles. The molecule has 9 heteroatoms. The van der Waals surface area contributed by atoms with Crippen molar-refractivity contribution in [3.05, 3.63) is 58.6 Å². The molecule has 2 N–H and O–H groups in total. The number of amides is 3. The fraction of sp³-hybridized carbons (Fsp3) is 0.263. The monoisotopic (exact) mass is 455 g/mol. The molecule has 0 aromatic heterocycles. The standard InChI is InChI=1S/C19H17BrF3N3O2/c20-13-5-9-14(10-6-13)24-17(27)16-2-1-11-26(16)18(28)25-15-7-3-12(4-8-15)19(21,22)23/h3-10,16H,1-2,11H2,(H,24,27)(H,25,28). The second kappa shape index (κ2) is 8.22. The molecule has 1 aliphatic rings. The summed E-state index contributed by atoms with van der Waals surface area (Å²) in [5.74, 6) is -0.303. The molecule has 1 atom stereocenters. The lowest BCUT2D eigenvalue weighted by atomic mass is 10.2. The molecule has 2 aromatic rings. The third kappa shape index (κ3) is 4.83. The number of nitrogens with zero attached hydrogens (tertiary/aromatic N) is 1. The number of likely N-dealkylation sites (tertiary alicyclic amines) is 1. The van der Waals surface area contributed by atoms with Crippen LogP contribution in [0.5, 0.6) is 0 Å². The first-order chi connectivity index (χ1) is 13.2. The number of benzene rings is 2. The first kappa shape index (κ1) is 20.2. The van der Waals surface area contributed by atoms with Gasteiger partial charge in [-0.15, -0.1) is 0 Å². The van der Waals surface area contributed by atoms with Crippen LogP contribution in [0, 0.1) is 0 Å². The fourth-order valence-electron chi connectivity index (χ4n) is 2.98. The van der Waals surface area contributed by atoms with Crippen LogP contribution in [0.3, 0.4) is 0 Å². The molecule has 3 amide bonds. The minimum absolute atomic E-state index is 0.233. The van der Waals surface area contributed by atoms with Crippen molar-refractivity contribution in [3.8, 4) is 0 Å². The Labute approximate surface area is 168 Å². The maximum atomic E-state index is 12.6. The van der Waals surface area contributed by atoms with E-state index < -0.39 is 23.8 Å². The zero-order valence-corrected chi connectivity index (χ0v) is 16.2. The van der Waals surface area contributed by atoms with E-state index in [-0.39, 0.29) is 11.6 Å². The molecule has 0 bridgehead atoms. The van der Waals surface area contributed by atoms with Gasteiger partial charge in [0.05, 0.1) is 5.56 Å². The van der Waals surface area contributed by atoms with Crippen molar-refractivity contribution in [1.29, 1.82) is 0 Å². The molecule has 1 heterocycles. The van der Waals surface area contributed by atoms with Crippen LogP contribution in [0.25, 0.3) is 0 Å². The van der Waals surface area contributed by atoms with Crippen LogP contribution in [-0.2, 0) is 11.0 Å². The zero-order valence-electron chi connectivity index (χ0n) is 14.6. The summed E-state index contributed by atoms with van der Waals surface area (Å²) in [6.45, 7) is 0.394. The number of urea groups is 1. The van der Waals surface area contributed by atoms with Crippen LogP contribution in [0.2, 0.25) is 0 Å². The summed E-state index contributed by atoms with van der Waals surface area (Å²) in [7, 11) is 0. The van der Waals surface area contributed by atoms with Crippen molar-refractivity contribution in [2.75, 3.05) is 17.2 Å². The highest BCUT2D eigenvalue weighted by Gasteiger charge is 2.34. The predicted molar refractivity (Wildman–Crippen MR) is 103 cm³/mol. The van der Waals surface area contributed by atoms with E-state index in [1.54, 1.807) is 24.3 Å². The number of carbonyl (C=O) groups excluding carboxylic acids is 2. The van der Waals surface area contributed by atoms with Gasteiger partial charge in [-0.25, -0.2) is 4.79 Å². The van der Waals surface area contributed by atoms with Crippen LogP contribution >= 0.6 is 15.9 Å². The van der Waals surface area contributed by atoms with Crippen molar-refractivity contribution in [2.24, 2.45) is 0 Å². The summed E-state index contributed by atoms with van der Waals surface area (Å²) in [5, 5.41) is 5.33. The average Bonchev–Trinajstić information content (AvgIpc) is 3.13. The number of rotatable bonds is 3. The molecule has 3 rings (SSSR count). The Morgan fingerprint density at radius 3 is 2.14 bits per heavy atom. The highest BCUT2D eigenvalue weighted by atomic mass is 79.9. The normalized spacial score (nSPS) is 16.7. The number of hydrogen-bond acceptors (Lipinski definition) is 2. The summed E-state index contributed by atoms with van der Waals surface area (Å²) in [6.07, 6.45) is -3.25. The Morgan fingerprint density at radius 2 is 1.54 bits per heavy atom. The van der Waals surface area contributed by atoms with Crippen LogP contribution in [0.1, 0.15) is 18.4 Å². The van der Waals surface area contributed by atoms with Crippen molar-refractivity contribution in [2.45, 2.75) is 25.1 Å². The second-order valence-electron chi connectivity index (χ2n) is 6.35. The third-order valence-corrected chi connectivity index (χ3v) is 4.92. The van der Waals surface area contributed by atoms with Gasteiger partial charge in [0.25, 0.3) is 0 Å².